The zero-order chi connectivity index (χ0) is 21.5. The summed E-state index contributed by atoms with van der Waals surface area (Å²) < 4.78 is 11.2. The van der Waals surface area contributed by atoms with Crippen LogP contribution in [0.3, 0.4) is 0 Å². The molecule has 3 aromatic carbocycles. The molecule has 31 heavy (non-hydrogen) atoms. The van der Waals surface area contributed by atoms with Crippen molar-refractivity contribution in [2.24, 2.45) is 5.92 Å². The molecule has 1 unspecified atom stereocenters. The smallest absolute Gasteiger partial charge is 0.229 e. The third kappa shape index (κ3) is 3.49. The van der Waals surface area contributed by atoms with Crippen LogP contribution in [0.4, 0.5) is 11.4 Å². The van der Waals surface area contributed by atoms with Gasteiger partial charge in [-0.3, -0.25) is 9.59 Å². The molecule has 1 fully saturated rings. The van der Waals surface area contributed by atoms with Crippen molar-refractivity contribution in [3.8, 4) is 5.75 Å². The number of methoxy groups -OCH3 is 1. The summed E-state index contributed by atoms with van der Waals surface area (Å²) >= 11 is 6.10. The van der Waals surface area contributed by atoms with Gasteiger partial charge in [0.15, 0.2) is 0 Å². The fraction of sp³-hybridized carbons (Fsp3) is 0.167. The predicted octanol–water partition coefficient (Wildman–Crippen LogP) is 5.24. The number of hydrogen-bond acceptors (Lipinski definition) is 4. The van der Waals surface area contributed by atoms with E-state index in [0.29, 0.717) is 27.7 Å². The monoisotopic (exact) mass is 434 g/mol. The van der Waals surface area contributed by atoms with Crippen molar-refractivity contribution in [1.82, 2.24) is 0 Å². The van der Waals surface area contributed by atoms with Gasteiger partial charge in [-0.25, -0.2) is 0 Å². The average molecular weight is 435 g/mol. The standard InChI is InChI=1S/C24H19ClN2O4/c1-30-21-9-6-15(25)11-19(21)27-13-14(10-23(27)28)24(29)26-16-7-8-18-17-4-2-3-5-20(17)31-22(18)12-16/h2-9,11-12,14H,10,13H2,1H3,(H,26,29). The first-order chi connectivity index (χ1) is 15.0. The molecule has 7 heteroatoms. The van der Waals surface area contributed by atoms with E-state index in [2.05, 4.69) is 5.32 Å². The van der Waals surface area contributed by atoms with Crippen LogP contribution in [-0.2, 0) is 9.59 Å². The molecule has 0 bridgehead atoms. The summed E-state index contributed by atoms with van der Waals surface area (Å²) in [5.41, 5.74) is 2.70. The summed E-state index contributed by atoms with van der Waals surface area (Å²) in [6, 6.07) is 18.5. The molecule has 2 amide bonds. The number of hydrogen-bond donors (Lipinski definition) is 1. The number of furan rings is 1. The Morgan fingerprint density at radius 1 is 1.10 bits per heavy atom. The molecular formula is C24H19ClN2O4. The molecule has 2 heterocycles. The number of benzene rings is 3. The van der Waals surface area contributed by atoms with Gasteiger partial charge in [0.25, 0.3) is 0 Å². The second-order valence-electron chi connectivity index (χ2n) is 7.52. The van der Waals surface area contributed by atoms with Crippen LogP contribution >= 0.6 is 11.6 Å². The fourth-order valence-corrected chi connectivity index (χ4v) is 4.20. The van der Waals surface area contributed by atoms with Crippen LogP contribution in [0.25, 0.3) is 21.9 Å². The first-order valence-electron chi connectivity index (χ1n) is 9.89. The average Bonchev–Trinajstić information content (AvgIpc) is 3.33. The summed E-state index contributed by atoms with van der Waals surface area (Å²) in [5, 5.41) is 5.43. The lowest BCUT2D eigenvalue weighted by Crippen LogP contribution is -2.28. The van der Waals surface area contributed by atoms with E-state index in [0.717, 1.165) is 16.4 Å². The molecule has 1 aliphatic heterocycles. The number of halogens is 1. The van der Waals surface area contributed by atoms with E-state index in [1.807, 2.05) is 42.5 Å². The number of amides is 2. The van der Waals surface area contributed by atoms with E-state index < -0.39 is 5.92 Å². The quantitative estimate of drug-likeness (QED) is 0.476. The number of carbonyl (C=O) groups excluding carboxylic acids is 2. The Bertz CT molecular complexity index is 1330. The van der Waals surface area contributed by atoms with Gasteiger partial charge in [-0.1, -0.05) is 29.8 Å². The molecule has 0 aliphatic carbocycles. The van der Waals surface area contributed by atoms with Gasteiger partial charge in [-0.2, -0.15) is 0 Å². The van der Waals surface area contributed by atoms with Crippen molar-refractivity contribution in [3.63, 3.8) is 0 Å². The van der Waals surface area contributed by atoms with Crippen LogP contribution in [-0.4, -0.2) is 25.5 Å². The number of ether oxygens (including phenoxy) is 1. The van der Waals surface area contributed by atoms with Gasteiger partial charge in [-0.05, 0) is 36.4 Å². The van der Waals surface area contributed by atoms with Crippen LogP contribution in [0.1, 0.15) is 6.42 Å². The molecule has 6 nitrogen and oxygen atoms in total. The van der Waals surface area contributed by atoms with E-state index in [-0.39, 0.29) is 24.8 Å². The highest BCUT2D eigenvalue weighted by atomic mass is 35.5. The van der Waals surface area contributed by atoms with E-state index in [4.69, 9.17) is 20.8 Å². The van der Waals surface area contributed by atoms with Crippen molar-refractivity contribution in [3.05, 3.63) is 65.7 Å². The summed E-state index contributed by atoms with van der Waals surface area (Å²) in [6.45, 7) is 0.258. The molecule has 0 spiro atoms. The summed E-state index contributed by atoms with van der Waals surface area (Å²) in [6.07, 6.45) is 0.119. The topological polar surface area (TPSA) is 71.8 Å². The number of carbonyl (C=O) groups is 2. The predicted molar refractivity (Wildman–Crippen MR) is 121 cm³/mol. The number of anilines is 2. The number of fused-ring (bicyclic) bond motifs is 3. The number of nitrogens with one attached hydrogen (secondary N) is 1. The second-order valence-corrected chi connectivity index (χ2v) is 7.96. The summed E-state index contributed by atoms with van der Waals surface area (Å²) in [5.74, 6) is -0.308. The fourth-order valence-electron chi connectivity index (χ4n) is 4.04. The van der Waals surface area contributed by atoms with Crippen molar-refractivity contribution >= 4 is 56.7 Å². The number of para-hydroxylation sites is 1. The zero-order valence-electron chi connectivity index (χ0n) is 16.7. The molecule has 5 rings (SSSR count). The Kier molecular flexibility index (Phi) is 4.79. The lowest BCUT2D eigenvalue weighted by atomic mass is 10.1. The minimum absolute atomic E-state index is 0.119. The van der Waals surface area contributed by atoms with Gasteiger partial charge in [0, 0.05) is 40.5 Å². The minimum Gasteiger partial charge on any atom is -0.495 e. The van der Waals surface area contributed by atoms with Gasteiger partial charge >= 0.3 is 0 Å². The van der Waals surface area contributed by atoms with Gasteiger partial charge in [-0.15, -0.1) is 0 Å². The maximum Gasteiger partial charge on any atom is 0.229 e. The Balaban J connectivity index is 1.36. The normalized spacial score (nSPS) is 16.3. The van der Waals surface area contributed by atoms with Crippen molar-refractivity contribution in [2.75, 3.05) is 23.9 Å². The minimum atomic E-state index is -0.484. The van der Waals surface area contributed by atoms with Gasteiger partial charge in [0.2, 0.25) is 11.8 Å². The van der Waals surface area contributed by atoms with Crippen LogP contribution in [0.2, 0.25) is 5.02 Å². The lowest BCUT2D eigenvalue weighted by molar-refractivity contribution is -0.122. The Morgan fingerprint density at radius 3 is 2.74 bits per heavy atom. The van der Waals surface area contributed by atoms with E-state index in [1.54, 1.807) is 23.1 Å². The molecule has 4 aromatic rings. The van der Waals surface area contributed by atoms with E-state index in [9.17, 15) is 9.59 Å². The van der Waals surface area contributed by atoms with Crippen LogP contribution in [0.5, 0.6) is 5.75 Å². The molecule has 1 aliphatic rings. The SMILES string of the molecule is COc1ccc(Cl)cc1N1CC(C(=O)Nc2ccc3c(c2)oc2ccccc23)CC1=O. The Labute approximate surface area is 183 Å². The molecular weight excluding hydrogens is 416 g/mol. The molecule has 1 saturated heterocycles. The van der Waals surface area contributed by atoms with Crippen LogP contribution < -0.4 is 15.0 Å². The number of nitrogens with zero attached hydrogens (tertiary/aromatic N) is 1. The van der Waals surface area contributed by atoms with E-state index >= 15 is 0 Å². The maximum atomic E-state index is 12.9. The molecule has 0 saturated carbocycles. The highest BCUT2D eigenvalue weighted by Crippen LogP contribution is 2.36. The molecule has 0 radical (unpaired) electrons. The van der Waals surface area contributed by atoms with Gasteiger partial charge in [0.1, 0.15) is 16.9 Å². The summed E-state index contributed by atoms with van der Waals surface area (Å²) in [7, 11) is 1.53. The summed E-state index contributed by atoms with van der Waals surface area (Å²) in [4.78, 5) is 27.1. The van der Waals surface area contributed by atoms with Crippen molar-refractivity contribution in [1.29, 1.82) is 0 Å². The van der Waals surface area contributed by atoms with E-state index in [1.165, 1.54) is 7.11 Å². The third-order valence-electron chi connectivity index (χ3n) is 5.57. The highest BCUT2D eigenvalue weighted by molar-refractivity contribution is 6.31. The third-order valence-corrected chi connectivity index (χ3v) is 5.81. The second kappa shape index (κ2) is 7.63. The van der Waals surface area contributed by atoms with Crippen LogP contribution in [0, 0.1) is 5.92 Å². The molecule has 1 aromatic heterocycles. The lowest BCUT2D eigenvalue weighted by Gasteiger charge is -2.19. The zero-order valence-corrected chi connectivity index (χ0v) is 17.5. The Hall–Kier alpha value is -3.51. The van der Waals surface area contributed by atoms with Gasteiger partial charge in [0.05, 0.1) is 18.7 Å². The number of rotatable bonds is 4. The largest absolute Gasteiger partial charge is 0.495 e. The van der Waals surface area contributed by atoms with Crippen molar-refractivity contribution < 1.29 is 18.7 Å². The molecule has 156 valence electrons. The molecule has 1 N–H and O–H groups in total. The van der Waals surface area contributed by atoms with Crippen LogP contribution in [0.15, 0.2) is 65.1 Å². The molecule has 1 atom stereocenters. The maximum absolute atomic E-state index is 12.9. The van der Waals surface area contributed by atoms with Gasteiger partial charge < -0.3 is 19.4 Å². The van der Waals surface area contributed by atoms with Crippen molar-refractivity contribution in [2.45, 2.75) is 6.42 Å². The first kappa shape index (κ1) is 19.5. The highest BCUT2D eigenvalue weighted by Gasteiger charge is 2.36. The Morgan fingerprint density at radius 2 is 1.90 bits per heavy atom. The first-order valence-corrected chi connectivity index (χ1v) is 10.3.